The Morgan fingerprint density at radius 1 is 0.812 bits per heavy atom. The molecule has 22 heteroatoms. The van der Waals surface area contributed by atoms with Crippen molar-refractivity contribution in [3.8, 4) is 34.6 Å². The van der Waals surface area contributed by atoms with E-state index in [0.717, 1.165) is 18.9 Å². The number of hydrogen-bond donors (Lipinski definition) is 0. The lowest BCUT2D eigenvalue weighted by molar-refractivity contribution is -0.137. The quantitative estimate of drug-likeness (QED) is 0.0946. The van der Waals surface area contributed by atoms with Crippen LogP contribution in [0.1, 0.15) is 95.2 Å². The van der Waals surface area contributed by atoms with Crippen LogP contribution in [0.5, 0.6) is 23.4 Å². The largest absolute Gasteiger partial charge is 0.497 e. The molecule has 2 saturated heterocycles. The molecule has 426 valence electrons. The van der Waals surface area contributed by atoms with Gasteiger partial charge in [0.2, 0.25) is 5.88 Å². The number of imide groups is 1. The summed E-state index contributed by atoms with van der Waals surface area (Å²) in [7, 11) is 3.02. The van der Waals surface area contributed by atoms with Gasteiger partial charge in [0.15, 0.2) is 17.5 Å². The first-order chi connectivity index (χ1) is 37.9. The van der Waals surface area contributed by atoms with E-state index in [1.807, 2.05) is 0 Å². The number of benzene rings is 3. The van der Waals surface area contributed by atoms with Gasteiger partial charge in [-0.15, -0.1) is 0 Å². The molecule has 6 aromatic rings. The van der Waals surface area contributed by atoms with Crippen LogP contribution in [0.4, 0.5) is 48.9 Å². The first-order valence-electron chi connectivity index (χ1n) is 26.3. The number of nitrogens with zero attached hydrogens (tertiary/aromatic N) is 8. The first-order valence-corrected chi connectivity index (χ1v) is 26.3. The molecule has 0 spiro atoms. The maximum Gasteiger partial charge on any atom is 0.425 e. The summed E-state index contributed by atoms with van der Waals surface area (Å²) in [6.07, 6.45) is -4.41. The molecular weight excluding hydrogens is 1050 g/mol. The van der Waals surface area contributed by atoms with E-state index in [1.54, 1.807) is 119 Å². The molecule has 6 heterocycles. The van der Waals surface area contributed by atoms with Crippen molar-refractivity contribution in [1.29, 1.82) is 0 Å². The minimum absolute atomic E-state index is 0.00261. The zero-order valence-corrected chi connectivity index (χ0v) is 46.4. The lowest BCUT2D eigenvalue weighted by Gasteiger charge is -2.34. The Labute approximate surface area is 460 Å². The lowest BCUT2D eigenvalue weighted by Crippen LogP contribution is -2.46. The number of ether oxygens (including phenoxy) is 7. The summed E-state index contributed by atoms with van der Waals surface area (Å²) in [5.74, 6) is -2.27. The van der Waals surface area contributed by atoms with Crippen LogP contribution >= 0.6 is 0 Å². The van der Waals surface area contributed by atoms with E-state index < -0.39 is 75.1 Å². The third kappa shape index (κ3) is 12.2. The van der Waals surface area contributed by atoms with Gasteiger partial charge in [-0.05, 0) is 121 Å². The standard InChI is InChI=1S/C58H65F5N8O9/c1-33-28-42(68(29-35-13-19-39(74-9)20-14-35)30-36-15-21-40(75-10)22-16-36)46(59)43(45(33)58(61,62)63)48-47(60)49-44-51(67-53(66-49)78-32-38-18-17-37-31-76-26-24-70(37)38)69(25-27-77-52(44)65-48)34(2)41-12-11-23-64-50(41)71(54(72)79-56(3,4)5)55(73)80-57(6,7)8/h11-16,19-23,28,34,37-38H,17-18,24-27,29-32H2,1-10H3/t34-,37+,38+/m1/s1. The van der Waals surface area contributed by atoms with Crippen LogP contribution in [0.25, 0.3) is 22.2 Å². The van der Waals surface area contributed by atoms with Gasteiger partial charge >= 0.3 is 24.4 Å². The number of halogens is 5. The van der Waals surface area contributed by atoms with Gasteiger partial charge in [-0.25, -0.2) is 28.3 Å². The molecule has 80 heavy (non-hydrogen) atoms. The molecule has 17 nitrogen and oxygen atoms in total. The minimum Gasteiger partial charge on any atom is -0.497 e. The molecule has 9 rings (SSSR count). The number of carbonyl (C=O) groups excluding carboxylic acids is 2. The summed E-state index contributed by atoms with van der Waals surface area (Å²) in [4.78, 5) is 52.7. The molecule has 0 radical (unpaired) electrons. The highest BCUT2D eigenvalue weighted by Gasteiger charge is 2.43. The maximum atomic E-state index is 18.3. The van der Waals surface area contributed by atoms with Crippen LogP contribution in [0, 0.1) is 18.6 Å². The lowest BCUT2D eigenvalue weighted by atomic mass is 9.95. The number of aryl methyl sites for hydroxylation is 1. The normalized spacial score (nSPS) is 17.0. The number of fused-ring (bicyclic) bond motifs is 1. The first kappa shape index (κ1) is 57.1. The van der Waals surface area contributed by atoms with Gasteiger partial charge < -0.3 is 43.0 Å². The average molecular weight is 1110 g/mol. The minimum atomic E-state index is -5.22. The van der Waals surface area contributed by atoms with Crippen LogP contribution in [0.15, 0.2) is 72.9 Å². The number of anilines is 3. The molecule has 0 bridgehead atoms. The summed E-state index contributed by atoms with van der Waals surface area (Å²) in [5.41, 5.74) is -5.38. The second-order valence-corrected chi connectivity index (χ2v) is 21.9. The Morgan fingerprint density at radius 3 is 2.02 bits per heavy atom. The highest BCUT2D eigenvalue weighted by atomic mass is 19.4. The molecule has 0 saturated carbocycles. The third-order valence-electron chi connectivity index (χ3n) is 14.0. The SMILES string of the molecule is COc1ccc(CN(Cc2ccc(OC)cc2)c2cc(C)c(C(F)(F)F)c(-c3nc4c5c(nc(OC[C@@H]6CC[C@H]7COCCN76)nc5c3F)N([C@H](C)c3cccnc3N(C(=O)OC(C)(C)C)C(=O)OC(C)(C)C)CCO4)c2F)cc1. The Balaban J connectivity index is 1.23. The molecule has 0 unspecified atom stereocenters. The van der Waals surface area contributed by atoms with E-state index in [9.17, 15) is 9.59 Å². The number of carbonyl (C=O) groups is 2. The Morgan fingerprint density at radius 2 is 1.44 bits per heavy atom. The number of rotatable bonds is 14. The summed E-state index contributed by atoms with van der Waals surface area (Å²) in [5, 5.41) is -0.166. The van der Waals surface area contributed by atoms with E-state index in [2.05, 4.69) is 19.9 Å². The average Bonchev–Trinajstić information content (AvgIpc) is 3.84. The van der Waals surface area contributed by atoms with Crippen LogP contribution in [-0.2, 0) is 33.5 Å². The van der Waals surface area contributed by atoms with E-state index in [0.29, 0.717) is 47.3 Å². The predicted molar refractivity (Wildman–Crippen MR) is 289 cm³/mol. The zero-order valence-electron chi connectivity index (χ0n) is 46.4. The molecule has 3 aliphatic heterocycles. The molecule has 0 aliphatic carbocycles. The van der Waals surface area contributed by atoms with Crippen molar-refractivity contribution in [3.05, 3.63) is 112 Å². The van der Waals surface area contributed by atoms with Gasteiger partial charge in [0.25, 0.3) is 0 Å². The second-order valence-electron chi connectivity index (χ2n) is 21.9. The molecule has 3 aromatic carbocycles. The summed E-state index contributed by atoms with van der Waals surface area (Å²) in [6.45, 7) is 14.2. The van der Waals surface area contributed by atoms with Gasteiger partial charge in [0, 0.05) is 43.5 Å². The zero-order chi connectivity index (χ0) is 57.4. The van der Waals surface area contributed by atoms with Crippen molar-refractivity contribution >= 4 is 40.4 Å². The molecule has 3 atom stereocenters. The van der Waals surface area contributed by atoms with Gasteiger partial charge in [-0.1, -0.05) is 30.3 Å². The van der Waals surface area contributed by atoms with Crippen LogP contribution in [-0.4, -0.2) is 114 Å². The summed E-state index contributed by atoms with van der Waals surface area (Å²) >= 11 is 0. The highest BCUT2D eigenvalue weighted by molar-refractivity contribution is 6.09. The van der Waals surface area contributed by atoms with Gasteiger partial charge in [0.05, 0.1) is 56.8 Å². The van der Waals surface area contributed by atoms with E-state index in [-0.39, 0.29) is 85.1 Å². The number of alkyl halides is 3. The highest BCUT2D eigenvalue weighted by Crippen LogP contribution is 2.48. The number of morpholine rings is 1. The number of pyridine rings is 2. The van der Waals surface area contributed by atoms with Gasteiger partial charge in [-0.3, -0.25) is 4.90 Å². The fraction of sp³-hybridized carbons (Fsp3) is 0.448. The topological polar surface area (TPSA) is 163 Å². The number of aromatic nitrogens is 4. The van der Waals surface area contributed by atoms with Crippen molar-refractivity contribution in [2.24, 2.45) is 0 Å². The maximum absolute atomic E-state index is 18.3. The number of hydrogen-bond acceptors (Lipinski definition) is 16. The van der Waals surface area contributed by atoms with Gasteiger partial charge in [0.1, 0.15) is 58.3 Å². The van der Waals surface area contributed by atoms with E-state index in [1.165, 1.54) is 27.3 Å². The molecule has 3 aliphatic rings. The molecule has 3 aromatic heterocycles. The van der Waals surface area contributed by atoms with Crippen molar-refractivity contribution in [3.63, 3.8) is 0 Å². The molecule has 2 amide bonds. The van der Waals surface area contributed by atoms with Crippen molar-refractivity contribution in [2.45, 2.75) is 117 Å². The van der Waals surface area contributed by atoms with Crippen LogP contribution in [0.2, 0.25) is 0 Å². The van der Waals surface area contributed by atoms with Crippen molar-refractivity contribution in [2.75, 3.05) is 68.4 Å². The van der Waals surface area contributed by atoms with Crippen LogP contribution < -0.4 is 33.6 Å². The van der Waals surface area contributed by atoms with E-state index in [4.69, 9.17) is 38.1 Å². The third-order valence-corrected chi connectivity index (χ3v) is 14.0. The smallest absolute Gasteiger partial charge is 0.425 e. The van der Waals surface area contributed by atoms with E-state index >= 15 is 22.0 Å². The van der Waals surface area contributed by atoms with Gasteiger partial charge in [-0.2, -0.15) is 28.0 Å². The molecular formula is C58H65F5N8O9. The van der Waals surface area contributed by atoms with Crippen molar-refractivity contribution in [1.82, 2.24) is 24.8 Å². The number of methoxy groups -OCH3 is 2. The Kier molecular flexibility index (Phi) is 16.3. The Bertz CT molecular complexity index is 3170. The molecule has 0 N–H and O–H groups in total. The fourth-order valence-corrected chi connectivity index (χ4v) is 10.3. The fourth-order valence-electron chi connectivity index (χ4n) is 10.3. The molecule has 2 fully saturated rings. The predicted octanol–water partition coefficient (Wildman–Crippen LogP) is 11.8. The summed E-state index contributed by atoms with van der Waals surface area (Å²) in [6, 6.07) is 17.0. The Hall–Kier alpha value is -7.59. The summed E-state index contributed by atoms with van der Waals surface area (Å²) < 4.78 is 124. The van der Waals surface area contributed by atoms with Crippen LogP contribution in [0.3, 0.4) is 0 Å². The monoisotopic (exact) mass is 1110 g/mol. The number of amides is 2. The second kappa shape index (κ2) is 22.9. The van der Waals surface area contributed by atoms with Crippen molar-refractivity contribution < 1.29 is 64.7 Å².